The highest BCUT2D eigenvalue weighted by Crippen LogP contribution is 2.30. The van der Waals surface area contributed by atoms with Crippen LogP contribution in [0.1, 0.15) is 18.9 Å². The second-order valence-corrected chi connectivity index (χ2v) is 6.33. The van der Waals surface area contributed by atoms with Gasteiger partial charge < -0.3 is 14.3 Å². The van der Waals surface area contributed by atoms with Gasteiger partial charge in [0.15, 0.2) is 17.1 Å². The topological polar surface area (TPSA) is 76.7 Å². The third-order valence-electron chi connectivity index (χ3n) is 4.09. The van der Waals surface area contributed by atoms with Gasteiger partial charge in [-0.1, -0.05) is 36.7 Å². The van der Waals surface area contributed by atoms with E-state index in [1.165, 1.54) is 6.07 Å². The molecule has 0 saturated carbocycles. The number of fused-ring (bicyclic) bond motifs is 1. The molecule has 134 valence electrons. The lowest BCUT2D eigenvalue weighted by molar-refractivity contribution is -0.145. The molecule has 6 heteroatoms. The van der Waals surface area contributed by atoms with Crippen molar-refractivity contribution in [1.82, 2.24) is 0 Å². The number of carboxylic acid groups (broad SMARTS) is 1. The van der Waals surface area contributed by atoms with Gasteiger partial charge in [0.25, 0.3) is 0 Å². The first-order valence-corrected chi connectivity index (χ1v) is 8.51. The van der Waals surface area contributed by atoms with Crippen LogP contribution >= 0.6 is 11.6 Å². The number of ether oxygens (including phenoxy) is 1. The molecule has 0 bridgehead atoms. The van der Waals surface area contributed by atoms with Crippen molar-refractivity contribution in [3.8, 4) is 17.1 Å². The lowest BCUT2D eigenvalue weighted by Crippen LogP contribution is -2.26. The first-order chi connectivity index (χ1) is 12.4. The Kier molecular flexibility index (Phi) is 5.00. The van der Waals surface area contributed by atoms with Crippen LogP contribution in [0.25, 0.3) is 22.3 Å². The average Bonchev–Trinajstić information content (AvgIpc) is 2.61. The van der Waals surface area contributed by atoms with Crippen molar-refractivity contribution in [1.29, 1.82) is 0 Å². The van der Waals surface area contributed by atoms with E-state index < -0.39 is 12.1 Å². The molecule has 0 fully saturated rings. The molecule has 5 nitrogen and oxygen atoms in total. The van der Waals surface area contributed by atoms with Crippen LogP contribution in [0.5, 0.6) is 5.75 Å². The molecule has 0 saturated heterocycles. The molecule has 0 amide bonds. The van der Waals surface area contributed by atoms with Crippen molar-refractivity contribution >= 4 is 28.5 Å². The van der Waals surface area contributed by atoms with E-state index in [4.69, 9.17) is 20.8 Å². The molecule has 1 heterocycles. The smallest absolute Gasteiger partial charge is 0.344 e. The molecule has 1 aromatic heterocycles. The zero-order chi connectivity index (χ0) is 18.8. The van der Waals surface area contributed by atoms with Crippen molar-refractivity contribution < 1.29 is 19.1 Å². The van der Waals surface area contributed by atoms with Crippen molar-refractivity contribution in [2.24, 2.45) is 0 Å². The summed E-state index contributed by atoms with van der Waals surface area (Å²) < 4.78 is 11.4. The monoisotopic (exact) mass is 372 g/mol. The van der Waals surface area contributed by atoms with Gasteiger partial charge in [-0.2, -0.15) is 0 Å². The van der Waals surface area contributed by atoms with E-state index in [1.54, 1.807) is 43.3 Å². The molecular weight excluding hydrogens is 356 g/mol. The van der Waals surface area contributed by atoms with E-state index in [1.807, 2.05) is 6.92 Å². The lowest BCUT2D eigenvalue weighted by atomic mass is 10.1. The summed E-state index contributed by atoms with van der Waals surface area (Å²) in [5.74, 6) is -0.260. The van der Waals surface area contributed by atoms with Crippen LogP contribution in [0.15, 0.2) is 51.7 Å². The Hall–Kier alpha value is -2.79. The highest BCUT2D eigenvalue weighted by Gasteiger charge is 2.18. The van der Waals surface area contributed by atoms with Crippen molar-refractivity contribution in [2.75, 3.05) is 0 Å². The molecule has 0 aliphatic carbocycles. The minimum absolute atomic E-state index is 0.205. The van der Waals surface area contributed by atoms with Gasteiger partial charge in [-0.15, -0.1) is 0 Å². The summed E-state index contributed by atoms with van der Waals surface area (Å²) in [4.78, 5) is 23.6. The molecule has 0 aliphatic heterocycles. The largest absolute Gasteiger partial charge is 0.479 e. The predicted octanol–water partition coefficient (Wildman–Crippen LogP) is 4.66. The molecule has 26 heavy (non-hydrogen) atoms. The summed E-state index contributed by atoms with van der Waals surface area (Å²) in [6.07, 6.45) is -0.610. The fraction of sp³-hybridized carbons (Fsp3) is 0.200. The molecule has 1 atom stereocenters. The fourth-order valence-corrected chi connectivity index (χ4v) is 2.84. The van der Waals surface area contributed by atoms with Crippen LogP contribution in [-0.4, -0.2) is 17.2 Å². The number of hydrogen-bond acceptors (Lipinski definition) is 4. The predicted molar refractivity (Wildman–Crippen MR) is 100 cm³/mol. The first-order valence-electron chi connectivity index (χ1n) is 8.13. The summed E-state index contributed by atoms with van der Waals surface area (Å²) in [5.41, 5.74) is 1.50. The van der Waals surface area contributed by atoms with Gasteiger partial charge in [-0.3, -0.25) is 4.79 Å². The minimum atomic E-state index is -1.03. The second-order valence-electron chi connectivity index (χ2n) is 5.92. The van der Waals surface area contributed by atoms with Gasteiger partial charge in [0, 0.05) is 11.6 Å². The number of aryl methyl sites for hydroxylation is 1. The third-order valence-corrected chi connectivity index (χ3v) is 4.39. The van der Waals surface area contributed by atoms with Crippen LogP contribution in [0.3, 0.4) is 0 Å². The quantitative estimate of drug-likeness (QED) is 0.704. The Morgan fingerprint density at radius 1 is 1.27 bits per heavy atom. The van der Waals surface area contributed by atoms with E-state index >= 15 is 0 Å². The van der Waals surface area contributed by atoms with Gasteiger partial charge in [0.05, 0.1) is 10.4 Å². The molecule has 3 rings (SSSR count). The average molecular weight is 373 g/mol. The second kappa shape index (κ2) is 7.22. The number of carboxylic acids is 1. The highest BCUT2D eigenvalue weighted by molar-refractivity contribution is 6.34. The number of benzene rings is 2. The van der Waals surface area contributed by atoms with Gasteiger partial charge in [-0.05, 0) is 37.1 Å². The van der Waals surface area contributed by atoms with Gasteiger partial charge in [0.2, 0.25) is 0 Å². The number of hydrogen-bond donors (Lipinski definition) is 1. The number of carbonyl (C=O) groups is 1. The van der Waals surface area contributed by atoms with Crippen LogP contribution < -0.4 is 10.2 Å². The summed E-state index contributed by atoms with van der Waals surface area (Å²) in [7, 11) is 0. The van der Waals surface area contributed by atoms with Crippen LogP contribution in [0, 0.1) is 6.92 Å². The van der Waals surface area contributed by atoms with Crippen molar-refractivity contribution in [3.05, 3.63) is 63.3 Å². The Labute approximate surface area is 154 Å². The van der Waals surface area contributed by atoms with E-state index in [0.29, 0.717) is 39.5 Å². The Morgan fingerprint density at radius 3 is 2.73 bits per heavy atom. The summed E-state index contributed by atoms with van der Waals surface area (Å²) in [5, 5.41) is 9.95. The summed E-state index contributed by atoms with van der Waals surface area (Å²) in [6.45, 7) is 3.56. The highest BCUT2D eigenvalue weighted by atomic mass is 35.5. The Morgan fingerprint density at radius 2 is 2.04 bits per heavy atom. The van der Waals surface area contributed by atoms with E-state index in [9.17, 15) is 14.7 Å². The maximum Gasteiger partial charge on any atom is 0.344 e. The first kappa shape index (κ1) is 18.0. The lowest BCUT2D eigenvalue weighted by Gasteiger charge is -2.16. The number of aliphatic carboxylic acids is 1. The summed E-state index contributed by atoms with van der Waals surface area (Å²) in [6, 6.07) is 11.6. The van der Waals surface area contributed by atoms with Crippen LogP contribution in [0.2, 0.25) is 5.02 Å². The Bertz CT molecular complexity index is 1040. The van der Waals surface area contributed by atoms with Gasteiger partial charge >= 0.3 is 5.97 Å². The van der Waals surface area contributed by atoms with E-state index in [0.717, 1.165) is 5.56 Å². The van der Waals surface area contributed by atoms with Crippen LogP contribution in [-0.2, 0) is 4.79 Å². The Balaban J connectivity index is 2.09. The molecular formula is C20H17ClO5. The molecule has 3 aromatic rings. The zero-order valence-corrected chi connectivity index (χ0v) is 15.0. The molecule has 0 aliphatic rings. The van der Waals surface area contributed by atoms with Crippen molar-refractivity contribution in [2.45, 2.75) is 26.4 Å². The zero-order valence-electron chi connectivity index (χ0n) is 14.3. The van der Waals surface area contributed by atoms with E-state index in [-0.39, 0.29) is 5.43 Å². The minimum Gasteiger partial charge on any atom is -0.479 e. The van der Waals surface area contributed by atoms with Gasteiger partial charge in [-0.25, -0.2) is 4.79 Å². The standard InChI is InChI=1S/C20H17ClO5/c1-3-16(20(23)24)25-17-9-12(8-7-11(17)2)18-10-15(22)13-5-4-6-14(21)19(13)26-18/h4-10,16H,3H2,1-2H3,(H,23,24). The SMILES string of the molecule is CCC(Oc1cc(-c2cc(=O)c3cccc(Cl)c3o2)ccc1C)C(=O)O. The number of rotatable bonds is 5. The molecule has 1 N–H and O–H groups in total. The molecule has 2 aromatic carbocycles. The van der Waals surface area contributed by atoms with Crippen molar-refractivity contribution in [3.63, 3.8) is 0 Å². The summed E-state index contributed by atoms with van der Waals surface area (Å²) >= 11 is 6.14. The molecule has 0 radical (unpaired) electrons. The maximum absolute atomic E-state index is 12.4. The fourth-order valence-electron chi connectivity index (χ4n) is 2.63. The molecule has 1 unspecified atom stereocenters. The van der Waals surface area contributed by atoms with Crippen LogP contribution in [0.4, 0.5) is 0 Å². The third kappa shape index (κ3) is 3.44. The number of para-hydroxylation sites is 1. The molecule has 0 spiro atoms. The van der Waals surface area contributed by atoms with Gasteiger partial charge in [0.1, 0.15) is 11.5 Å². The van der Waals surface area contributed by atoms with E-state index in [2.05, 4.69) is 0 Å². The normalized spacial score (nSPS) is 12.1. The number of halogens is 1. The maximum atomic E-state index is 12.4.